The van der Waals surface area contributed by atoms with Crippen molar-refractivity contribution in [1.82, 2.24) is 20.1 Å². The first-order valence-electron chi connectivity index (χ1n) is 9.07. The highest BCUT2D eigenvalue weighted by molar-refractivity contribution is 5.94. The van der Waals surface area contributed by atoms with E-state index in [2.05, 4.69) is 15.2 Å². The number of hydrogen-bond donors (Lipinski definition) is 1. The van der Waals surface area contributed by atoms with E-state index in [0.29, 0.717) is 11.8 Å². The molecule has 2 aliphatic rings. The lowest BCUT2D eigenvalue weighted by atomic mass is 9.93. The summed E-state index contributed by atoms with van der Waals surface area (Å²) in [6.45, 7) is 1.61. The molecule has 0 radical (unpaired) electrons. The number of nitrogens with one attached hydrogen (secondary N) is 1. The molecule has 25 heavy (non-hydrogen) atoms. The maximum absolute atomic E-state index is 12.6. The van der Waals surface area contributed by atoms with Crippen LogP contribution in [0.5, 0.6) is 5.75 Å². The van der Waals surface area contributed by atoms with E-state index in [1.54, 1.807) is 7.11 Å². The van der Waals surface area contributed by atoms with Gasteiger partial charge in [-0.05, 0) is 55.9 Å². The van der Waals surface area contributed by atoms with Crippen LogP contribution < -0.4 is 4.74 Å². The average molecular weight is 340 g/mol. The molecule has 1 aliphatic carbocycles. The largest absolute Gasteiger partial charge is 0.497 e. The normalized spacial score (nSPS) is 18.4. The van der Waals surface area contributed by atoms with E-state index in [9.17, 15) is 4.79 Å². The number of hydrogen-bond acceptors (Lipinski definition) is 4. The summed E-state index contributed by atoms with van der Waals surface area (Å²) < 4.78 is 5.15. The molecule has 2 heterocycles. The Morgan fingerprint density at radius 2 is 1.92 bits per heavy atom. The van der Waals surface area contributed by atoms with E-state index < -0.39 is 0 Å². The lowest BCUT2D eigenvalue weighted by Gasteiger charge is -2.31. The number of benzene rings is 1. The number of ether oxygens (including phenoxy) is 1. The van der Waals surface area contributed by atoms with Crippen LogP contribution in [0, 0.1) is 5.92 Å². The SMILES string of the molecule is COc1ccc(C(=O)N2CCC(Cc3nc(C4CC4)n[nH]3)CC2)cc1. The lowest BCUT2D eigenvalue weighted by Crippen LogP contribution is -2.39. The highest BCUT2D eigenvalue weighted by atomic mass is 16.5. The van der Waals surface area contributed by atoms with Crippen molar-refractivity contribution in [3.05, 3.63) is 41.5 Å². The van der Waals surface area contributed by atoms with Crippen molar-refractivity contribution in [1.29, 1.82) is 0 Å². The van der Waals surface area contributed by atoms with Gasteiger partial charge >= 0.3 is 0 Å². The number of likely N-dealkylation sites (tertiary alicyclic amines) is 1. The number of methoxy groups -OCH3 is 1. The number of rotatable bonds is 5. The van der Waals surface area contributed by atoms with Crippen LogP contribution in [0.4, 0.5) is 0 Å². The number of piperidine rings is 1. The minimum atomic E-state index is 0.108. The Hall–Kier alpha value is -2.37. The highest BCUT2D eigenvalue weighted by Gasteiger charge is 2.29. The van der Waals surface area contributed by atoms with E-state index in [0.717, 1.165) is 55.3 Å². The van der Waals surface area contributed by atoms with Crippen molar-refractivity contribution in [2.45, 2.75) is 38.0 Å². The standard InChI is InChI=1S/C19H24N4O2/c1-25-16-6-4-15(5-7-16)19(24)23-10-8-13(9-11-23)12-17-20-18(22-21-17)14-2-3-14/h4-7,13-14H,2-3,8-12H2,1H3,(H,20,21,22). The van der Waals surface area contributed by atoms with Gasteiger partial charge in [0.25, 0.3) is 5.91 Å². The van der Waals surface area contributed by atoms with Crippen LogP contribution in [0.1, 0.15) is 53.6 Å². The summed E-state index contributed by atoms with van der Waals surface area (Å²) in [5.41, 5.74) is 0.726. The van der Waals surface area contributed by atoms with Crippen LogP contribution in [0.25, 0.3) is 0 Å². The quantitative estimate of drug-likeness (QED) is 0.908. The van der Waals surface area contributed by atoms with E-state index in [1.165, 1.54) is 12.8 Å². The van der Waals surface area contributed by atoms with Crippen molar-refractivity contribution in [3.63, 3.8) is 0 Å². The summed E-state index contributed by atoms with van der Waals surface area (Å²) in [6.07, 6.45) is 5.42. The summed E-state index contributed by atoms with van der Waals surface area (Å²) in [7, 11) is 1.63. The number of amides is 1. The molecule has 2 aromatic rings. The topological polar surface area (TPSA) is 71.1 Å². The molecule has 6 heteroatoms. The third-order valence-corrected chi connectivity index (χ3v) is 5.21. The minimum absolute atomic E-state index is 0.108. The number of aromatic nitrogens is 3. The summed E-state index contributed by atoms with van der Waals surface area (Å²) in [6, 6.07) is 7.34. The summed E-state index contributed by atoms with van der Waals surface area (Å²) in [5, 5.41) is 7.42. The van der Waals surface area contributed by atoms with E-state index in [1.807, 2.05) is 29.2 Å². The van der Waals surface area contributed by atoms with Gasteiger partial charge in [0.1, 0.15) is 11.6 Å². The first-order chi connectivity index (χ1) is 12.2. The lowest BCUT2D eigenvalue weighted by molar-refractivity contribution is 0.0690. The Labute approximate surface area is 147 Å². The van der Waals surface area contributed by atoms with E-state index >= 15 is 0 Å². The van der Waals surface area contributed by atoms with Gasteiger partial charge in [-0.1, -0.05) is 0 Å². The summed E-state index contributed by atoms with van der Waals surface area (Å²) in [4.78, 5) is 19.2. The summed E-state index contributed by atoms with van der Waals surface area (Å²) >= 11 is 0. The Bertz CT molecular complexity index is 728. The Morgan fingerprint density at radius 1 is 1.20 bits per heavy atom. The fourth-order valence-electron chi connectivity index (χ4n) is 3.46. The molecule has 1 aliphatic heterocycles. The van der Waals surface area contributed by atoms with E-state index in [-0.39, 0.29) is 5.91 Å². The van der Waals surface area contributed by atoms with Crippen LogP contribution >= 0.6 is 0 Å². The van der Waals surface area contributed by atoms with Gasteiger partial charge in [-0.3, -0.25) is 9.89 Å². The zero-order valence-electron chi connectivity index (χ0n) is 14.6. The molecule has 0 unspecified atom stereocenters. The maximum Gasteiger partial charge on any atom is 0.253 e. The molecule has 1 N–H and O–H groups in total. The molecular formula is C19H24N4O2. The van der Waals surface area contributed by atoms with Crippen LogP contribution in [0.15, 0.2) is 24.3 Å². The zero-order chi connectivity index (χ0) is 17.2. The zero-order valence-corrected chi connectivity index (χ0v) is 14.6. The van der Waals surface area contributed by atoms with Gasteiger partial charge < -0.3 is 9.64 Å². The van der Waals surface area contributed by atoms with Crippen molar-refractivity contribution in [3.8, 4) is 5.75 Å². The fraction of sp³-hybridized carbons (Fsp3) is 0.526. The number of carbonyl (C=O) groups is 1. The number of nitrogens with zero attached hydrogens (tertiary/aromatic N) is 3. The predicted molar refractivity (Wildman–Crippen MR) is 93.7 cm³/mol. The number of carbonyl (C=O) groups excluding carboxylic acids is 1. The molecule has 1 amide bonds. The Morgan fingerprint density at radius 3 is 2.56 bits per heavy atom. The fourth-order valence-corrected chi connectivity index (χ4v) is 3.46. The minimum Gasteiger partial charge on any atom is -0.497 e. The van der Waals surface area contributed by atoms with Crippen LogP contribution in [-0.4, -0.2) is 46.2 Å². The number of aromatic amines is 1. The number of H-pyrrole nitrogens is 1. The predicted octanol–water partition coefficient (Wildman–Crippen LogP) is 2.79. The van der Waals surface area contributed by atoms with Crippen molar-refractivity contribution >= 4 is 5.91 Å². The third-order valence-electron chi connectivity index (χ3n) is 5.21. The van der Waals surface area contributed by atoms with Crippen molar-refractivity contribution in [2.75, 3.05) is 20.2 Å². The van der Waals surface area contributed by atoms with E-state index in [4.69, 9.17) is 4.74 Å². The Kier molecular flexibility index (Phi) is 4.42. The molecule has 4 rings (SSSR count). The molecule has 0 bridgehead atoms. The molecule has 0 atom stereocenters. The second-order valence-electron chi connectivity index (χ2n) is 7.08. The molecular weight excluding hydrogens is 316 g/mol. The maximum atomic E-state index is 12.6. The second-order valence-corrected chi connectivity index (χ2v) is 7.08. The highest BCUT2D eigenvalue weighted by Crippen LogP contribution is 2.38. The molecule has 0 spiro atoms. The van der Waals surface area contributed by atoms with Gasteiger partial charge in [0.15, 0.2) is 5.82 Å². The van der Waals surface area contributed by atoms with Gasteiger partial charge in [-0.25, -0.2) is 4.98 Å². The van der Waals surface area contributed by atoms with Crippen LogP contribution in [0.2, 0.25) is 0 Å². The molecule has 2 fully saturated rings. The Balaban J connectivity index is 1.30. The van der Waals surface area contributed by atoms with Crippen molar-refractivity contribution in [2.24, 2.45) is 5.92 Å². The van der Waals surface area contributed by atoms with Gasteiger partial charge in [0, 0.05) is 31.0 Å². The van der Waals surface area contributed by atoms with Crippen LogP contribution in [-0.2, 0) is 6.42 Å². The van der Waals surface area contributed by atoms with Gasteiger partial charge in [0.05, 0.1) is 7.11 Å². The molecule has 1 saturated carbocycles. The first-order valence-corrected chi connectivity index (χ1v) is 9.07. The van der Waals surface area contributed by atoms with Gasteiger partial charge in [-0.2, -0.15) is 5.10 Å². The summed E-state index contributed by atoms with van der Waals surface area (Å²) in [5.74, 6) is 4.03. The third kappa shape index (κ3) is 3.67. The van der Waals surface area contributed by atoms with Gasteiger partial charge in [-0.15, -0.1) is 0 Å². The van der Waals surface area contributed by atoms with Gasteiger partial charge in [0.2, 0.25) is 0 Å². The molecule has 1 aromatic heterocycles. The molecule has 1 aromatic carbocycles. The van der Waals surface area contributed by atoms with Crippen LogP contribution in [0.3, 0.4) is 0 Å². The average Bonchev–Trinajstić information content (AvgIpc) is 3.41. The smallest absolute Gasteiger partial charge is 0.253 e. The second kappa shape index (κ2) is 6.86. The molecule has 1 saturated heterocycles. The first kappa shape index (κ1) is 16.1. The molecule has 132 valence electrons. The van der Waals surface area contributed by atoms with Crippen molar-refractivity contribution < 1.29 is 9.53 Å². The monoisotopic (exact) mass is 340 g/mol. The molecule has 6 nitrogen and oxygen atoms in total.